The molecule has 1 spiro atoms. The largest absolute Gasteiger partial charge is 0.445 e. The van der Waals surface area contributed by atoms with Gasteiger partial charge in [0, 0.05) is 17.6 Å². The molecule has 1 heterocycles. The fourth-order valence-corrected chi connectivity index (χ4v) is 5.29. The van der Waals surface area contributed by atoms with Gasteiger partial charge in [0.25, 0.3) is 9.03 Å². The molecule has 4 aliphatic rings. The first-order valence-corrected chi connectivity index (χ1v) is 9.42. The molecule has 0 saturated heterocycles. The van der Waals surface area contributed by atoms with E-state index in [0.29, 0.717) is 0 Å². The van der Waals surface area contributed by atoms with Gasteiger partial charge >= 0.3 is 0 Å². The number of hydrogen-bond acceptors (Lipinski definition) is 2. The summed E-state index contributed by atoms with van der Waals surface area (Å²) in [5.74, 6) is 2.08. The van der Waals surface area contributed by atoms with Crippen LogP contribution in [0, 0.1) is 5.41 Å². The van der Waals surface area contributed by atoms with E-state index in [1.807, 2.05) is 0 Å². The predicted octanol–water partition coefficient (Wildman–Crippen LogP) is 5.83. The first-order valence-electron chi connectivity index (χ1n) is 8.60. The van der Waals surface area contributed by atoms with Crippen LogP contribution in [0.25, 0.3) is 6.08 Å². The van der Waals surface area contributed by atoms with Crippen molar-refractivity contribution in [1.29, 1.82) is 0 Å². The van der Waals surface area contributed by atoms with Gasteiger partial charge in [0.2, 0.25) is 0 Å². The molecule has 2 unspecified atom stereocenters. The maximum atomic E-state index is 6.11. The van der Waals surface area contributed by atoms with Crippen molar-refractivity contribution in [3.05, 3.63) is 70.0 Å². The highest BCUT2D eigenvalue weighted by Gasteiger charge is 2.53. The summed E-state index contributed by atoms with van der Waals surface area (Å²) >= 11 is 0. The third kappa shape index (κ3) is 1.70. The molecule has 0 bridgehead atoms. The molecule has 122 valence electrons. The van der Waals surface area contributed by atoms with Crippen molar-refractivity contribution in [2.24, 2.45) is 5.41 Å². The fraction of sp³-hybridized carbons (Fsp3) is 0.333. The Hall–Kier alpha value is -1.79. The molecule has 3 heteroatoms. The molecule has 1 aromatic carbocycles. The summed E-state index contributed by atoms with van der Waals surface area (Å²) in [5.41, 5.74) is 6.55. The monoisotopic (exact) mass is 336 g/mol. The van der Waals surface area contributed by atoms with Gasteiger partial charge in [0.1, 0.15) is 11.5 Å². The Bertz CT molecular complexity index is 880. The first-order chi connectivity index (χ1) is 11.5. The molecule has 2 atom stereocenters. The number of hydrogen-bond donors (Lipinski definition) is 0. The Morgan fingerprint density at radius 3 is 2.88 bits per heavy atom. The Morgan fingerprint density at radius 2 is 2.04 bits per heavy atom. The van der Waals surface area contributed by atoms with Gasteiger partial charge in [-0.1, -0.05) is 57.2 Å². The van der Waals surface area contributed by atoms with Crippen LogP contribution in [0.1, 0.15) is 44.7 Å². The Balaban J connectivity index is 1.91. The normalized spacial score (nSPS) is 27.6. The van der Waals surface area contributed by atoms with Gasteiger partial charge in [-0.25, -0.2) is 0 Å². The summed E-state index contributed by atoms with van der Waals surface area (Å²) in [7, 11) is 0.0278. The molecule has 1 aliphatic heterocycles. The summed E-state index contributed by atoms with van der Waals surface area (Å²) in [6.07, 6.45) is 11.4. The minimum absolute atomic E-state index is 0.0278. The number of benzene rings is 1. The zero-order valence-electron chi connectivity index (χ0n) is 14.3. The second-order valence-corrected chi connectivity index (χ2v) is 8.53. The van der Waals surface area contributed by atoms with E-state index < -0.39 is 0 Å². The molecular weight excluding hydrogens is 315 g/mol. The van der Waals surface area contributed by atoms with Crippen molar-refractivity contribution in [1.82, 2.24) is 0 Å². The van der Waals surface area contributed by atoms with Gasteiger partial charge in [-0.2, -0.15) is 0 Å². The van der Waals surface area contributed by atoms with Crippen LogP contribution in [0.15, 0.2) is 58.9 Å². The average molecular weight is 336 g/mol. The summed E-state index contributed by atoms with van der Waals surface area (Å²) in [6.45, 7) is 6.92. The van der Waals surface area contributed by atoms with Crippen molar-refractivity contribution < 1.29 is 9.05 Å². The maximum Gasteiger partial charge on any atom is 0.275 e. The molecular formula is C21H21O2P. The molecule has 1 aromatic rings. The minimum Gasteiger partial charge on any atom is -0.445 e. The van der Waals surface area contributed by atoms with Crippen LogP contribution >= 0.6 is 9.03 Å². The topological polar surface area (TPSA) is 18.5 Å². The highest BCUT2D eigenvalue weighted by atomic mass is 31.1. The lowest BCUT2D eigenvalue weighted by atomic mass is 9.64. The van der Waals surface area contributed by atoms with Crippen molar-refractivity contribution >= 4 is 15.1 Å². The molecule has 0 N–H and O–H groups in total. The second-order valence-electron chi connectivity index (χ2n) is 7.95. The summed E-state index contributed by atoms with van der Waals surface area (Å²) in [4.78, 5) is 0. The summed E-state index contributed by atoms with van der Waals surface area (Å²) in [6, 6.07) is 6.38. The van der Waals surface area contributed by atoms with Gasteiger partial charge in [0.15, 0.2) is 0 Å². The van der Waals surface area contributed by atoms with Crippen LogP contribution < -0.4 is 4.52 Å². The van der Waals surface area contributed by atoms with Crippen molar-refractivity contribution in [2.45, 2.75) is 39.0 Å². The molecule has 2 nitrogen and oxygen atoms in total. The van der Waals surface area contributed by atoms with E-state index >= 15 is 0 Å². The molecule has 0 aromatic heterocycles. The van der Waals surface area contributed by atoms with E-state index in [1.165, 1.54) is 27.8 Å². The van der Waals surface area contributed by atoms with Crippen LogP contribution in [0.5, 0.6) is 5.75 Å². The SMILES string of the molecule is CC(C)(C)C1=Cc2cccc3c2C12C=CC1=CCCC(=C12)OPO3. The van der Waals surface area contributed by atoms with Gasteiger partial charge < -0.3 is 9.05 Å². The van der Waals surface area contributed by atoms with Gasteiger partial charge in [-0.3, -0.25) is 0 Å². The van der Waals surface area contributed by atoms with Crippen LogP contribution in [-0.4, -0.2) is 0 Å². The van der Waals surface area contributed by atoms with Crippen LogP contribution in [-0.2, 0) is 9.94 Å². The quantitative estimate of drug-likeness (QED) is 0.555. The van der Waals surface area contributed by atoms with Gasteiger partial charge in [-0.15, -0.1) is 0 Å². The lowest BCUT2D eigenvalue weighted by Crippen LogP contribution is -2.33. The van der Waals surface area contributed by atoms with Crippen LogP contribution in [0.4, 0.5) is 0 Å². The Morgan fingerprint density at radius 1 is 1.17 bits per heavy atom. The second kappa shape index (κ2) is 4.64. The number of rotatable bonds is 0. The number of allylic oxidation sites excluding steroid dienone is 7. The first kappa shape index (κ1) is 14.5. The van der Waals surface area contributed by atoms with Crippen LogP contribution in [0.2, 0.25) is 0 Å². The van der Waals surface area contributed by atoms with E-state index in [0.717, 1.165) is 24.4 Å². The summed E-state index contributed by atoms with van der Waals surface area (Å²) < 4.78 is 12.2. The zero-order valence-corrected chi connectivity index (χ0v) is 15.3. The van der Waals surface area contributed by atoms with E-state index in [1.54, 1.807) is 0 Å². The Kier molecular flexibility index (Phi) is 2.81. The van der Waals surface area contributed by atoms with Crippen molar-refractivity contribution in [2.75, 3.05) is 0 Å². The average Bonchev–Trinajstić information content (AvgIpc) is 3.07. The zero-order chi connectivity index (χ0) is 16.5. The summed E-state index contributed by atoms with van der Waals surface area (Å²) in [5, 5.41) is 0. The minimum atomic E-state index is -0.226. The molecule has 0 radical (unpaired) electrons. The van der Waals surface area contributed by atoms with Gasteiger partial charge in [0.05, 0.1) is 5.41 Å². The molecule has 0 fully saturated rings. The lowest BCUT2D eigenvalue weighted by Gasteiger charge is -2.40. The van der Waals surface area contributed by atoms with Crippen molar-refractivity contribution in [3.8, 4) is 5.75 Å². The smallest absolute Gasteiger partial charge is 0.275 e. The van der Waals surface area contributed by atoms with Gasteiger partial charge in [-0.05, 0) is 34.6 Å². The van der Waals surface area contributed by atoms with E-state index in [9.17, 15) is 0 Å². The third-order valence-electron chi connectivity index (χ3n) is 5.51. The highest BCUT2D eigenvalue weighted by Crippen LogP contribution is 2.63. The third-order valence-corrected chi connectivity index (χ3v) is 6.15. The van der Waals surface area contributed by atoms with Crippen LogP contribution in [0.3, 0.4) is 0 Å². The van der Waals surface area contributed by atoms with E-state index in [2.05, 4.69) is 63.3 Å². The lowest BCUT2D eigenvalue weighted by molar-refractivity contribution is 0.374. The molecule has 0 amide bonds. The van der Waals surface area contributed by atoms with Crippen molar-refractivity contribution in [3.63, 3.8) is 0 Å². The molecule has 24 heavy (non-hydrogen) atoms. The van der Waals surface area contributed by atoms with E-state index in [4.69, 9.17) is 9.05 Å². The predicted molar refractivity (Wildman–Crippen MR) is 99.1 cm³/mol. The molecule has 5 rings (SSSR count). The highest BCUT2D eigenvalue weighted by molar-refractivity contribution is 7.26. The standard InChI is InChI=1S/C21H21O2P/c1-20(2,3)17-12-14-7-5-9-16-19(14)21(17)11-10-13-6-4-8-15(18(13)21)22-24-23-16/h5-7,9-12,24H,4,8H2,1-3H3. The Labute approximate surface area is 144 Å². The molecule has 3 aliphatic carbocycles. The molecule has 0 saturated carbocycles. The van der Waals surface area contributed by atoms with E-state index in [-0.39, 0.29) is 19.9 Å². The fourth-order valence-electron chi connectivity index (χ4n) is 4.68. The maximum absolute atomic E-state index is 6.11.